The first-order chi connectivity index (χ1) is 9.70. The van der Waals surface area contributed by atoms with Crippen molar-refractivity contribution in [2.24, 2.45) is 0 Å². The molecule has 0 aliphatic carbocycles. The summed E-state index contributed by atoms with van der Waals surface area (Å²) in [5.74, 6) is 0.152. The highest BCUT2D eigenvalue weighted by molar-refractivity contribution is 6.31. The van der Waals surface area contributed by atoms with Crippen LogP contribution in [0.3, 0.4) is 0 Å². The molecule has 0 radical (unpaired) electrons. The zero-order chi connectivity index (χ0) is 14.1. The minimum absolute atomic E-state index is 0.152. The van der Waals surface area contributed by atoms with Crippen molar-refractivity contribution in [1.82, 2.24) is 9.47 Å². The molecule has 1 aliphatic heterocycles. The molecule has 20 heavy (non-hydrogen) atoms. The van der Waals surface area contributed by atoms with Gasteiger partial charge in [0.2, 0.25) is 0 Å². The van der Waals surface area contributed by atoms with Crippen LogP contribution in [-0.2, 0) is 6.54 Å². The summed E-state index contributed by atoms with van der Waals surface area (Å²) in [6.07, 6.45) is 3.46. The summed E-state index contributed by atoms with van der Waals surface area (Å²) in [6.45, 7) is 4.62. The highest BCUT2D eigenvalue weighted by Gasteiger charge is 2.22. The predicted molar refractivity (Wildman–Crippen MR) is 82.4 cm³/mol. The van der Waals surface area contributed by atoms with E-state index in [9.17, 15) is 4.79 Å². The molecule has 0 bridgehead atoms. The highest BCUT2D eigenvalue weighted by atomic mass is 35.5. The average molecular weight is 291 g/mol. The van der Waals surface area contributed by atoms with E-state index in [-0.39, 0.29) is 5.91 Å². The largest absolute Gasteiger partial charge is 0.337 e. The molecule has 1 saturated heterocycles. The van der Waals surface area contributed by atoms with E-state index in [1.54, 1.807) is 0 Å². The number of benzene rings is 1. The molecule has 1 aromatic heterocycles. The molecule has 1 aliphatic rings. The number of carbonyl (C=O) groups is 1. The quantitative estimate of drug-likeness (QED) is 0.822. The lowest BCUT2D eigenvalue weighted by Gasteiger charge is -2.27. The summed E-state index contributed by atoms with van der Waals surface area (Å²) in [4.78, 5) is 14.7. The fourth-order valence-corrected chi connectivity index (χ4v) is 3.20. The van der Waals surface area contributed by atoms with Crippen molar-refractivity contribution in [3.63, 3.8) is 0 Å². The Balaban J connectivity index is 2.03. The Morgan fingerprint density at radius 1 is 1.20 bits per heavy atom. The summed E-state index contributed by atoms with van der Waals surface area (Å²) >= 11 is 6.05. The van der Waals surface area contributed by atoms with Gasteiger partial charge in [-0.1, -0.05) is 11.6 Å². The number of hydrogen-bond acceptors (Lipinski definition) is 1. The van der Waals surface area contributed by atoms with Crippen LogP contribution in [0.15, 0.2) is 24.3 Å². The van der Waals surface area contributed by atoms with E-state index in [0.717, 1.165) is 49.1 Å². The summed E-state index contributed by atoms with van der Waals surface area (Å²) in [6, 6.07) is 7.77. The van der Waals surface area contributed by atoms with E-state index >= 15 is 0 Å². The fraction of sp³-hybridized carbons (Fsp3) is 0.438. The monoisotopic (exact) mass is 290 g/mol. The maximum absolute atomic E-state index is 12.7. The second-order valence-corrected chi connectivity index (χ2v) is 5.77. The number of fused-ring (bicyclic) bond motifs is 1. The number of piperidine rings is 1. The van der Waals surface area contributed by atoms with Crippen LogP contribution < -0.4 is 0 Å². The number of halogens is 1. The standard InChI is InChI=1S/C16H19ClN2O/c1-2-19-14-7-6-13(17)10-12(14)11-15(19)16(20)18-8-4-3-5-9-18/h6-7,10-11H,2-5,8-9H2,1H3. The molecule has 1 aromatic carbocycles. The Hall–Kier alpha value is -1.48. The van der Waals surface area contributed by atoms with Gasteiger partial charge in [-0.05, 0) is 50.5 Å². The van der Waals surface area contributed by atoms with E-state index in [4.69, 9.17) is 11.6 Å². The lowest BCUT2D eigenvalue weighted by molar-refractivity contribution is 0.0714. The third-order valence-electron chi connectivity index (χ3n) is 4.04. The van der Waals surface area contributed by atoms with Gasteiger partial charge in [-0.25, -0.2) is 0 Å². The normalized spacial score (nSPS) is 15.8. The summed E-state index contributed by atoms with van der Waals surface area (Å²) in [5.41, 5.74) is 1.86. The first-order valence-corrected chi connectivity index (χ1v) is 7.66. The van der Waals surface area contributed by atoms with Gasteiger partial charge in [-0.3, -0.25) is 4.79 Å². The average Bonchev–Trinajstić information content (AvgIpc) is 2.84. The fourth-order valence-electron chi connectivity index (χ4n) is 3.02. The smallest absolute Gasteiger partial charge is 0.270 e. The SMILES string of the molecule is CCn1c(C(=O)N2CCCCC2)cc2cc(Cl)ccc21. The van der Waals surface area contributed by atoms with Crippen molar-refractivity contribution in [3.8, 4) is 0 Å². The summed E-state index contributed by atoms with van der Waals surface area (Å²) in [7, 11) is 0. The maximum Gasteiger partial charge on any atom is 0.270 e. The van der Waals surface area contributed by atoms with Crippen LogP contribution in [-0.4, -0.2) is 28.5 Å². The first-order valence-electron chi connectivity index (χ1n) is 7.29. The third kappa shape index (κ3) is 2.31. The third-order valence-corrected chi connectivity index (χ3v) is 4.28. The van der Waals surface area contributed by atoms with Gasteiger partial charge in [0, 0.05) is 35.6 Å². The molecule has 1 amide bonds. The van der Waals surface area contributed by atoms with Crippen molar-refractivity contribution in [2.45, 2.75) is 32.7 Å². The summed E-state index contributed by atoms with van der Waals surface area (Å²) < 4.78 is 2.09. The Morgan fingerprint density at radius 2 is 1.95 bits per heavy atom. The molecule has 4 heteroatoms. The van der Waals surface area contributed by atoms with Crippen molar-refractivity contribution in [3.05, 3.63) is 35.0 Å². The molecule has 106 valence electrons. The number of hydrogen-bond donors (Lipinski definition) is 0. The second kappa shape index (κ2) is 5.49. The van der Waals surface area contributed by atoms with Gasteiger partial charge in [0.15, 0.2) is 0 Å². The molecule has 2 heterocycles. The number of likely N-dealkylation sites (tertiary alicyclic amines) is 1. The van der Waals surface area contributed by atoms with E-state index in [1.165, 1.54) is 6.42 Å². The first kappa shape index (κ1) is 13.5. The van der Waals surface area contributed by atoms with Gasteiger partial charge in [0.25, 0.3) is 5.91 Å². The minimum Gasteiger partial charge on any atom is -0.337 e. The van der Waals surface area contributed by atoms with E-state index in [0.29, 0.717) is 5.02 Å². The topological polar surface area (TPSA) is 25.2 Å². The molecule has 0 spiro atoms. The van der Waals surface area contributed by atoms with E-state index in [2.05, 4.69) is 11.5 Å². The molecule has 2 aromatic rings. The Bertz CT molecular complexity index is 641. The van der Waals surface area contributed by atoms with E-state index < -0.39 is 0 Å². The number of rotatable bonds is 2. The molecular formula is C16H19ClN2O. The molecule has 0 unspecified atom stereocenters. The van der Waals surface area contributed by atoms with Crippen LogP contribution in [0.4, 0.5) is 0 Å². The zero-order valence-corrected chi connectivity index (χ0v) is 12.5. The lowest BCUT2D eigenvalue weighted by Crippen LogP contribution is -2.36. The molecule has 0 N–H and O–H groups in total. The molecular weight excluding hydrogens is 272 g/mol. The maximum atomic E-state index is 12.7. The van der Waals surface area contributed by atoms with Gasteiger partial charge in [-0.2, -0.15) is 0 Å². The van der Waals surface area contributed by atoms with Gasteiger partial charge >= 0.3 is 0 Å². The number of amides is 1. The van der Waals surface area contributed by atoms with Crippen LogP contribution in [0.1, 0.15) is 36.7 Å². The molecule has 1 fully saturated rings. The Labute approximate surface area is 124 Å². The second-order valence-electron chi connectivity index (χ2n) is 5.33. The number of aryl methyl sites for hydroxylation is 1. The van der Waals surface area contributed by atoms with Crippen molar-refractivity contribution >= 4 is 28.4 Å². The zero-order valence-electron chi connectivity index (χ0n) is 11.7. The molecule has 3 nitrogen and oxygen atoms in total. The Kier molecular flexibility index (Phi) is 3.70. The Morgan fingerprint density at radius 3 is 2.65 bits per heavy atom. The van der Waals surface area contributed by atoms with Crippen LogP contribution in [0.25, 0.3) is 10.9 Å². The van der Waals surface area contributed by atoms with Gasteiger partial charge in [-0.15, -0.1) is 0 Å². The van der Waals surface area contributed by atoms with Crippen molar-refractivity contribution in [1.29, 1.82) is 0 Å². The van der Waals surface area contributed by atoms with Crippen molar-refractivity contribution < 1.29 is 4.79 Å². The minimum atomic E-state index is 0.152. The molecule has 0 atom stereocenters. The van der Waals surface area contributed by atoms with Gasteiger partial charge in [0.1, 0.15) is 5.69 Å². The van der Waals surface area contributed by atoms with Crippen LogP contribution in [0.2, 0.25) is 5.02 Å². The lowest BCUT2D eigenvalue weighted by atomic mass is 10.1. The van der Waals surface area contributed by atoms with Gasteiger partial charge in [0.05, 0.1) is 0 Å². The van der Waals surface area contributed by atoms with Crippen LogP contribution >= 0.6 is 11.6 Å². The van der Waals surface area contributed by atoms with E-state index in [1.807, 2.05) is 29.2 Å². The number of carbonyl (C=O) groups excluding carboxylic acids is 1. The summed E-state index contributed by atoms with van der Waals surface area (Å²) in [5, 5.41) is 1.75. The van der Waals surface area contributed by atoms with Crippen LogP contribution in [0, 0.1) is 0 Å². The van der Waals surface area contributed by atoms with Crippen LogP contribution in [0.5, 0.6) is 0 Å². The molecule has 0 saturated carbocycles. The van der Waals surface area contributed by atoms with Gasteiger partial charge < -0.3 is 9.47 Å². The number of nitrogens with zero attached hydrogens (tertiary/aromatic N) is 2. The predicted octanol–water partition coefficient (Wildman–Crippen LogP) is 3.94. The highest BCUT2D eigenvalue weighted by Crippen LogP contribution is 2.25. The van der Waals surface area contributed by atoms with Crippen molar-refractivity contribution in [2.75, 3.05) is 13.1 Å². The number of aromatic nitrogens is 1. The molecule has 3 rings (SSSR count).